The standard InChI is InChI=1S/C26H44N2O7Si/c1-20(29)34-22(19-33-36(8,9)26(5,6)7)16-13-17-28(27-23(30)35-25(2,3)4)24(31)32-18-21-14-11-10-12-15-21/h10-12,14-15,22H,13,16-19H2,1-9H3,(H,27,30)/t22-/m0/s1. The number of carbonyl (C=O) groups is 3. The van der Waals surface area contributed by atoms with Crippen molar-refractivity contribution >= 4 is 26.5 Å². The van der Waals surface area contributed by atoms with E-state index in [4.69, 9.17) is 18.6 Å². The lowest BCUT2D eigenvalue weighted by atomic mass is 10.2. The van der Waals surface area contributed by atoms with Crippen LogP contribution >= 0.6 is 0 Å². The maximum absolute atomic E-state index is 12.8. The number of hydrazine groups is 1. The zero-order valence-electron chi connectivity index (χ0n) is 23.3. The summed E-state index contributed by atoms with van der Waals surface area (Å²) in [6, 6.07) is 9.24. The second kappa shape index (κ2) is 13.6. The summed E-state index contributed by atoms with van der Waals surface area (Å²) >= 11 is 0. The molecule has 1 N–H and O–H groups in total. The molecule has 1 aromatic rings. The Kier molecular flexibility index (Phi) is 11.9. The Morgan fingerprint density at radius 1 is 1.03 bits per heavy atom. The van der Waals surface area contributed by atoms with E-state index in [1.807, 2.05) is 30.3 Å². The number of nitrogens with one attached hydrogen (secondary N) is 1. The molecule has 0 saturated carbocycles. The molecule has 0 aromatic heterocycles. The summed E-state index contributed by atoms with van der Waals surface area (Å²) in [4.78, 5) is 36.8. The molecule has 0 radical (unpaired) electrons. The van der Waals surface area contributed by atoms with Gasteiger partial charge in [0.2, 0.25) is 0 Å². The number of carbonyl (C=O) groups excluding carboxylic acids is 3. The lowest BCUT2D eigenvalue weighted by Crippen LogP contribution is -2.48. The van der Waals surface area contributed by atoms with Crippen molar-refractivity contribution in [3.63, 3.8) is 0 Å². The van der Waals surface area contributed by atoms with Crippen LogP contribution in [0.5, 0.6) is 0 Å². The minimum atomic E-state index is -2.03. The smallest absolute Gasteiger partial charge is 0.429 e. The van der Waals surface area contributed by atoms with Gasteiger partial charge in [-0.05, 0) is 57.3 Å². The predicted octanol–water partition coefficient (Wildman–Crippen LogP) is 5.80. The monoisotopic (exact) mass is 524 g/mol. The van der Waals surface area contributed by atoms with E-state index in [1.165, 1.54) is 6.92 Å². The number of amides is 2. The molecule has 0 heterocycles. The van der Waals surface area contributed by atoms with E-state index in [2.05, 4.69) is 39.3 Å². The third-order valence-corrected chi connectivity index (χ3v) is 10.2. The van der Waals surface area contributed by atoms with Crippen LogP contribution in [0.2, 0.25) is 18.1 Å². The SMILES string of the molecule is CC(=O)O[C@@H](CCCN(NC(=O)OC(C)(C)C)C(=O)OCc1ccccc1)CO[Si](C)(C)C(C)(C)C. The molecule has 36 heavy (non-hydrogen) atoms. The van der Waals surface area contributed by atoms with Crippen LogP contribution in [0.1, 0.15) is 66.9 Å². The number of ether oxygens (including phenoxy) is 3. The fourth-order valence-electron chi connectivity index (χ4n) is 2.81. The molecule has 1 rings (SSSR count). The van der Waals surface area contributed by atoms with Gasteiger partial charge in [-0.3, -0.25) is 4.79 Å². The molecule has 10 heteroatoms. The zero-order chi connectivity index (χ0) is 27.6. The molecule has 2 amide bonds. The summed E-state index contributed by atoms with van der Waals surface area (Å²) in [5.41, 5.74) is 2.55. The number of hydrogen-bond donors (Lipinski definition) is 1. The fraction of sp³-hybridized carbons (Fsp3) is 0.654. The van der Waals surface area contributed by atoms with Crippen LogP contribution in [0.4, 0.5) is 9.59 Å². The highest BCUT2D eigenvalue weighted by Crippen LogP contribution is 2.36. The first kappa shape index (κ1) is 31.4. The van der Waals surface area contributed by atoms with Crippen molar-refractivity contribution in [1.29, 1.82) is 0 Å². The molecule has 0 aliphatic carbocycles. The van der Waals surface area contributed by atoms with E-state index >= 15 is 0 Å². The first-order valence-corrected chi connectivity index (χ1v) is 15.2. The summed E-state index contributed by atoms with van der Waals surface area (Å²) in [6.45, 7) is 17.7. The molecule has 1 aromatic carbocycles. The number of esters is 1. The Balaban J connectivity index is 2.81. The average molecular weight is 525 g/mol. The van der Waals surface area contributed by atoms with Crippen LogP contribution in [0, 0.1) is 0 Å². The second-order valence-corrected chi connectivity index (χ2v) is 16.1. The van der Waals surface area contributed by atoms with Gasteiger partial charge in [-0.1, -0.05) is 51.1 Å². The van der Waals surface area contributed by atoms with Crippen LogP contribution < -0.4 is 5.43 Å². The summed E-state index contributed by atoms with van der Waals surface area (Å²) in [5.74, 6) is -0.398. The van der Waals surface area contributed by atoms with Crippen molar-refractivity contribution in [1.82, 2.24) is 10.4 Å². The minimum absolute atomic E-state index is 0.0183. The summed E-state index contributed by atoms with van der Waals surface area (Å²) in [7, 11) is -2.03. The average Bonchev–Trinajstić information content (AvgIpc) is 2.73. The van der Waals surface area contributed by atoms with Crippen LogP contribution in [-0.2, 0) is 30.0 Å². The Morgan fingerprint density at radius 3 is 2.17 bits per heavy atom. The highest BCUT2D eigenvalue weighted by molar-refractivity contribution is 6.74. The van der Waals surface area contributed by atoms with Gasteiger partial charge in [0.15, 0.2) is 8.32 Å². The topological polar surface area (TPSA) is 103 Å². The first-order chi connectivity index (χ1) is 16.5. The molecule has 9 nitrogen and oxygen atoms in total. The van der Waals surface area contributed by atoms with Gasteiger partial charge in [0.25, 0.3) is 0 Å². The third kappa shape index (κ3) is 12.4. The van der Waals surface area contributed by atoms with Gasteiger partial charge in [0.05, 0.1) is 6.61 Å². The van der Waals surface area contributed by atoms with Crippen molar-refractivity contribution < 1.29 is 33.0 Å². The molecular formula is C26H44N2O7Si. The van der Waals surface area contributed by atoms with Gasteiger partial charge in [0.1, 0.15) is 18.3 Å². The largest absolute Gasteiger partial charge is 0.460 e. The number of benzene rings is 1. The van der Waals surface area contributed by atoms with Crippen molar-refractivity contribution in [3.8, 4) is 0 Å². The van der Waals surface area contributed by atoms with Crippen LogP contribution in [0.25, 0.3) is 0 Å². The van der Waals surface area contributed by atoms with Crippen LogP contribution in [0.15, 0.2) is 30.3 Å². The molecule has 0 aliphatic rings. The van der Waals surface area contributed by atoms with Crippen molar-refractivity contribution in [2.24, 2.45) is 0 Å². The van der Waals surface area contributed by atoms with Crippen molar-refractivity contribution in [2.45, 2.75) is 97.8 Å². The lowest BCUT2D eigenvalue weighted by molar-refractivity contribution is -0.148. The Bertz CT molecular complexity index is 848. The van der Waals surface area contributed by atoms with Gasteiger partial charge in [-0.2, -0.15) is 0 Å². The van der Waals surface area contributed by atoms with E-state index in [0.29, 0.717) is 12.8 Å². The number of rotatable bonds is 10. The number of nitrogens with zero attached hydrogens (tertiary/aromatic N) is 1. The van der Waals surface area contributed by atoms with Crippen LogP contribution in [0.3, 0.4) is 0 Å². The van der Waals surface area contributed by atoms with E-state index in [0.717, 1.165) is 10.6 Å². The maximum Gasteiger partial charge on any atom is 0.429 e. The van der Waals surface area contributed by atoms with Crippen molar-refractivity contribution in [2.75, 3.05) is 13.2 Å². The fourth-order valence-corrected chi connectivity index (χ4v) is 3.84. The maximum atomic E-state index is 12.8. The molecule has 0 aliphatic heterocycles. The van der Waals surface area contributed by atoms with Gasteiger partial charge < -0.3 is 18.6 Å². The van der Waals surface area contributed by atoms with E-state index in [1.54, 1.807) is 20.8 Å². The molecule has 0 unspecified atom stereocenters. The number of hydrogen-bond acceptors (Lipinski definition) is 7. The van der Waals surface area contributed by atoms with Gasteiger partial charge in [0, 0.05) is 13.5 Å². The molecule has 0 bridgehead atoms. The minimum Gasteiger partial charge on any atom is -0.460 e. The molecule has 0 saturated heterocycles. The molecule has 204 valence electrons. The zero-order valence-corrected chi connectivity index (χ0v) is 24.3. The second-order valence-electron chi connectivity index (χ2n) is 11.3. The Morgan fingerprint density at radius 2 is 1.64 bits per heavy atom. The summed E-state index contributed by atoms with van der Waals surface area (Å²) < 4.78 is 22.4. The van der Waals surface area contributed by atoms with E-state index < -0.39 is 38.2 Å². The van der Waals surface area contributed by atoms with E-state index in [-0.39, 0.29) is 24.8 Å². The normalized spacial score (nSPS) is 12.9. The quantitative estimate of drug-likeness (QED) is 0.179. The third-order valence-electron chi connectivity index (χ3n) is 5.73. The molecule has 1 atom stereocenters. The van der Waals surface area contributed by atoms with Gasteiger partial charge >= 0.3 is 18.2 Å². The van der Waals surface area contributed by atoms with Gasteiger partial charge in [-0.15, -0.1) is 0 Å². The van der Waals surface area contributed by atoms with Crippen LogP contribution in [-0.4, -0.2) is 56.3 Å². The van der Waals surface area contributed by atoms with Gasteiger partial charge in [-0.25, -0.2) is 20.0 Å². The predicted molar refractivity (Wildman–Crippen MR) is 141 cm³/mol. The Labute approximate surface area is 216 Å². The lowest BCUT2D eigenvalue weighted by Gasteiger charge is -2.37. The molecule has 0 spiro atoms. The van der Waals surface area contributed by atoms with Crippen molar-refractivity contribution in [3.05, 3.63) is 35.9 Å². The Hall–Kier alpha value is -2.59. The summed E-state index contributed by atoms with van der Waals surface area (Å²) in [5, 5.41) is 1.10. The highest BCUT2D eigenvalue weighted by atomic mass is 28.4. The first-order valence-electron chi connectivity index (χ1n) is 12.3. The molecule has 0 fully saturated rings. The highest BCUT2D eigenvalue weighted by Gasteiger charge is 2.38. The molecular weight excluding hydrogens is 480 g/mol. The summed E-state index contributed by atoms with van der Waals surface area (Å²) in [6.07, 6.45) is -1.09. The van der Waals surface area contributed by atoms with E-state index in [9.17, 15) is 14.4 Å².